The number of hydrogen-bond donors (Lipinski definition) is 2. The highest BCUT2D eigenvalue weighted by Crippen LogP contribution is 2.38. The molecule has 0 unspecified atom stereocenters. The van der Waals surface area contributed by atoms with Gasteiger partial charge in [0.05, 0.1) is 31.7 Å². The molecule has 3 aromatic rings. The molecule has 3 aliphatic heterocycles. The number of hydrogen-bond acceptors (Lipinski definition) is 5. The first-order valence-electron chi connectivity index (χ1n) is 13.1. The quantitative estimate of drug-likeness (QED) is 0.361. The van der Waals surface area contributed by atoms with Crippen molar-refractivity contribution >= 4 is 11.9 Å². The first-order chi connectivity index (χ1) is 17.8. The zero-order valence-electron chi connectivity index (χ0n) is 21.5. The Hall–Kier alpha value is -3.42. The van der Waals surface area contributed by atoms with Crippen LogP contribution in [-0.2, 0) is 15.1 Å². The lowest BCUT2D eigenvalue weighted by Crippen LogP contribution is -2.66. The Balaban J connectivity index is 1.28. The molecule has 6 rings (SSSR count). The second-order valence-electron chi connectivity index (χ2n) is 10.5. The number of quaternary nitrogens is 1. The Morgan fingerprint density at radius 1 is 1.03 bits per heavy atom. The summed E-state index contributed by atoms with van der Waals surface area (Å²) in [4.78, 5) is 26.3. The molecule has 0 saturated carbocycles. The minimum atomic E-state index is -1.88. The second kappa shape index (κ2) is 10.1. The van der Waals surface area contributed by atoms with Gasteiger partial charge in [0.25, 0.3) is 5.91 Å². The van der Waals surface area contributed by atoms with Gasteiger partial charge >= 0.3 is 5.97 Å². The van der Waals surface area contributed by atoms with E-state index in [1.807, 2.05) is 43.3 Å². The van der Waals surface area contributed by atoms with Crippen molar-refractivity contribution in [3.8, 4) is 0 Å². The average Bonchev–Trinajstić information content (AvgIpc) is 3.27. The minimum Gasteiger partial charge on any atom is -0.466 e. The van der Waals surface area contributed by atoms with Crippen molar-refractivity contribution in [1.29, 1.82) is 0 Å². The normalized spacial score (nSPS) is 23.0. The van der Waals surface area contributed by atoms with Gasteiger partial charge in [-0.3, -0.25) is 4.79 Å². The van der Waals surface area contributed by atoms with Crippen molar-refractivity contribution in [2.24, 2.45) is 5.92 Å². The zero-order chi connectivity index (χ0) is 26.0. The van der Waals surface area contributed by atoms with E-state index in [1.165, 1.54) is 0 Å². The molecule has 2 aromatic carbocycles. The molecule has 0 aliphatic carbocycles. The fourth-order valence-electron chi connectivity index (χ4n) is 6.01. The average molecular weight is 504 g/mol. The number of aryl methyl sites for hydroxylation is 2. The van der Waals surface area contributed by atoms with Gasteiger partial charge in [-0.25, -0.2) is 4.79 Å². The standard InChI is InChI=1S/C30H34N2O5/c1-21-19-26(22(2)36-21)28(33)31-15-18-32-16-13-23(14-17-32)27(20-32)37-29(34)30(35,24-9-5-3-6-10-24)25-11-7-4-8-12-25/h3-12,19,23,27,35H,13-18,20H2,1-2H3/p+1/t23?,27-,32?/m0/s1. The number of nitrogens with one attached hydrogen (secondary N) is 1. The highest BCUT2D eigenvalue weighted by Gasteiger charge is 2.50. The van der Waals surface area contributed by atoms with Crippen LogP contribution in [0.25, 0.3) is 0 Å². The first kappa shape index (κ1) is 25.2. The Labute approximate surface area is 217 Å². The van der Waals surface area contributed by atoms with Crippen molar-refractivity contribution in [2.75, 3.05) is 32.7 Å². The summed E-state index contributed by atoms with van der Waals surface area (Å²) in [6, 6.07) is 19.7. The number of ether oxygens (including phenoxy) is 1. The summed E-state index contributed by atoms with van der Waals surface area (Å²) in [5.74, 6) is 0.861. The minimum absolute atomic E-state index is 0.127. The molecular weight excluding hydrogens is 468 g/mol. The number of rotatable bonds is 8. The van der Waals surface area contributed by atoms with Crippen LogP contribution >= 0.6 is 0 Å². The molecule has 3 aliphatic rings. The number of carbonyl (C=O) groups is 2. The molecule has 1 amide bonds. The molecule has 1 aromatic heterocycles. The number of carbonyl (C=O) groups excluding carboxylic acids is 2. The smallest absolute Gasteiger partial charge is 0.348 e. The van der Waals surface area contributed by atoms with Crippen molar-refractivity contribution in [2.45, 2.75) is 38.4 Å². The highest BCUT2D eigenvalue weighted by molar-refractivity contribution is 5.95. The monoisotopic (exact) mass is 503 g/mol. The Kier molecular flexibility index (Phi) is 6.92. The lowest BCUT2D eigenvalue weighted by Gasteiger charge is -2.52. The lowest BCUT2D eigenvalue weighted by atomic mass is 9.82. The second-order valence-corrected chi connectivity index (χ2v) is 10.5. The molecule has 0 spiro atoms. The van der Waals surface area contributed by atoms with E-state index in [-0.39, 0.29) is 17.9 Å². The van der Waals surface area contributed by atoms with Crippen LogP contribution in [0.15, 0.2) is 71.1 Å². The molecule has 7 nitrogen and oxygen atoms in total. The summed E-state index contributed by atoms with van der Waals surface area (Å²) >= 11 is 0. The third kappa shape index (κ3) is 4.93. The van der Waals surface area contributed by atoms with Crippen LogP contribution in [0.3, 0.4) is 0 Å². The number of amides is 1. The van der Waals surface area contributed by atoms with Crippen LogP contribution < -0.4 is 5.32 Å². The van der Waals surface area contributed by atoms with E-state index in [0.29, 0.717) is 35.5 Å². The first-order valence-corrected chi connectivity index (χ1v) is 13.1. The number of furan rings is 1. The van der Waals surface area contributed by atoms with E-state index in [1.54, 1.807) is 37.3 Å². The maximum atomic E-state index is 13.7. The molecule has 3 saturated heterocycles. The van der Waals surface area contributed by atoms with E-state index in [4.69, 9.17) is 9.15 Å². The fraction of sp³-hybridized carbons (Fsp3) is 0.400. The Bertz CT molecular complexity index is 1210. The molecule has 3 fully saturated rings. The number of nitrogens with zero attached hydrogens (tertiary/aromatic N) is 1. The van der Waals surface area contributed by atoms with Crippen LogP contribution in [0.2, 0.25) is 0 Å². The zero-order valence-corrected chi connectivity index (χ0v) is 21.5. The third-order valence-corrected chi connectivity index (χ3v) is 8.14. The SMILES string of the molecule is Cc1cc(C(=O)NCC[N+]23CCC(CC2)[C@@H](OC(=O)C(O)(c2ccccc2)c2ccccc2)C3)c(C)o1. The maximum absolute atomic E-state index is 13.7. The predicted octanol–water partition coefficient (Wildman–Crippen LogP) is 3.71. The predicted molar refractivity (Wildman–Crippen MR) is 139 cm³/mol. The van der Waals surface area contributed by atoms with Gasteiger partial charge in [-0.15, -0.1) is 0 Å². The van der Waals surface area contributed by atoms with Crippen molar-refractivity contribution in [3.05, 3.63) is 94.9 Å². The number of esters is 1. The van der Waals surface area contributed by atoms with Crippen LogP contribution in [0.1, 0.15) is 45.8 Å². The van der Waals surface area contributed by atoms with Gasteiger partial charge in [0.1, 0.15) is 18.1 Å². The summed E-state index contributed by atoms with van der Waals surface area (Å²) in [5.41, 5.74) is -0.330. The van der Waals surface area contributed by atoms with E-state index < -0.39 is 11.6 Å². The number of aliphatic hydroxyl groups is 1. The van der Waals surface area contributed by atoms with Gasteiger partial charge < -0.3 is 24.1 Å². The highest BCUT2D eigenvalue weighted by atomic mass is 16.6. The molecule has 194 valence electrons. The lowest BCUT2D eigenvalue weighted by molar-refractivity contribution is -0.945. The van der Waals surface area contributed by atoms with E-state index in [0.717, 1.165) is 42.7 Å². The molecule has 4 heterocycles. The number of benzene rings is 2. The van der Waals surface area contributed by atoms with Gasteiger partial charge in [-0.2, -0.15) is 0 Å². The van der Waals surface area contributed by atoms with Crippen molar-refractivity contribution < 1.29 is 28.3 Å². The maximum Gasteiger partial charge on any atom is 0.348 e. The molecule has 37 heavy (non-hydrogen) atoms. The molecule has 2 N–H and O–H groups in total. The summed E-state index contributed by atoms with van der Waals surface area (Å²) < 4.78 is 12.4. The van der Waals surface area contributed by atoms with Gasteiger partial charge in [0.2, 0.25) is 5.60 Å². The van der Waals surface area contributed by atoms with E-state index in [2.05, 4.69) is 5.32 Å². The Morgan fingerprint density at radius 2 is 1.62 bits per heavy atom. The summed E-state index contributed by atoms with van der Waals surface area (Å²) in [5, 5.41) is 14.8. The molecule has 2 bridgehead atoms. The molecule has 7 heteroatoms. The van der Waals surface area contributed by atoms with Gasteiger partial charge in [0, 0.05) is 18.8 Å². The topological polar surface area (TPSA) is 88.8 Å². The van der Waals surface area contributed by atoms with Gasteiger partial charge in [-0.05, 0) is 31.0 Å². The molecular formula is C30H35N2O5+. The third-order valence-electron chi connectivity index (χ3n) is 8.14. The van der Waals surface area contributed by atoms with Crippen LogP contribution in [0, 0.1) is 19.8 Å². The summed E-state index contributed by atoms with van der Waals surface area (Å²) in [6.07, 6.45) is 1.64. The van der Waals surface area contributed by atoms with Crippen molar-refractivity contribution in [3.63, 3.8) is 0 Å². The van der Waals surface area contributed by atoms with E-state index >= 15 is 0 Å². The van der Waals surface area contributed by atoms with E-state index in [9.17, 15) is 14.7 Å². The van der Waals surface area contributed by atoms with Gasteiger partial charge in [-0.1, -0.05) is 60.7 Å². The summed E-state index contributed by atoms with van der Waals surface area (Å²) in [6.45, 7) is 7.62. The van der Waals surface area contributed by atoms with Crippen LogP contribution in [0.5, 0.6) is 0 Å². The largest absolute Gasteiger partial charge is 0.466 e. The molecule has 0 radical (unpaired) electrons. The van der Waals surface area contributed by atoms with Gasteiger partial charge in [0.15, 0.2) is 6.10 Å². The van der Waals surface area contributed by atoms with Crippen molar-refractivity contribution in [1.82, 2.24) is 5.32 Å². The Morgan fingerprint density at radius 3 is 2.16 bits per heavy atom. The fourth-order valence-corrected chi connectivity index (χ4v) is 6.01. The number of piperidine rings is 3. The van der Waals surface area contributed by atoms with Crippen LogP contribution in [0.4, 0.5) is 0 Å². The molecule has 1 atom stereocenters. The van der Waals surface area contributed by atoms with Crippen LogP contribution in [-0.4, -0.2) is 60.3 Å². The number of fused-ring (bicyclic) bond motifs is 3. The summed E-state index contributed by atoms with van der Waals surface area (Å²) in [7, 11) is 0.